The molecule has 4 nitrogen and oxygen atoms in total. The molecule has 0 spiro atoms. The zero-order valence-corrected chi connectivity index (χ0v) is 16.0. The van der Waals surface area contributed by atoms with E-state index in [-0.39, 0.29) is 11.8 Å². The molecule has 0 saturated carbocycles. The number of benzene rings is 1. The fourth-order valence-corrected chi connectivity index (χ4v) is 2.62. The number of hydrogen-bond donors (Lipinski definition) is 1. The summed E-state index contributed by atoms with van der Waals surface area (Å²) in [6, 6.07) is 6.08. The van der Waals surface area contributed by atoms with Crippen molar-refractivity contribution in [2.45, 2.75) is 60.3 Å². The number of hydrogen-bond acceptors (Lipinski definition) is 2. The van der Waals surface area contributed by atoms with Crippen LogP contribution in [0.25, 0.3) is 0 Å². The standard InChI is InChI=1S/C20H32N2O2/c1-14(2)10-12-22(17(6)23)13-11-19(24)21-20-16(5)8-7-9-18(20)15(3)4/h7-9,14-15H,10-13H2,1-6H3,(H,21,24). The van der Waals surface area contributed by atoms with E-state index in [1.54, 1.807) is 11.8 Å². The van der Waals surface area contributed by atoms with Gasteiger partial charge in [-0.25, -0.2) is 0 Å². The van der Waals surface area contributed by atoms with Crippen LogP contribution in [0.5, 0.6) is 0 Å². The van der Waals surface area contributed by atoms with E-state index in [1.807, 2.05) is 19.1 Å². The van der Waals surface area contributed by atoms with E-state index in [9.17, 15) is 9.59 Å². The van der Waals surface area contributed by atoms with Crippen LogP contribution in [-0.4, -0.2) is 29.8 Å². The molecule has 0 radical (unpaired) electrons. The molecule has 0 heterocycles. The van der Waals surface area contributed by atoms with Crippen molar-refractivity contribution in [3.05, 3.63) is 29.3 Å². The number of rotatable bonds is 8. The second kappa shape index (κ2) is 9.45. The Morgan fingerprint density at radius 3 is 2.33 bits per heavy atom. The first-order valence-electron chi connectivity index (χ1n) is 8.87. The van der Waals surface area contributed by atoms with Crippen molar-refractivity contribution in [2.24, 2.45) is 5.92 Å². The molecule has 2 amide bonds. The molecule has 1 aromatic carbocycles. The maximum absolute atomic E-state index is 12.4. The average Bonchev–Trinajstić information content (AvgIpc) is 2.48. The highest BCUT2D eigenvalue weighted by Gasteiger charge is 2.15. The van der Waals surface area contributed by atoms with Crippen LogP contribution in [0, 0.1) is 12.8 Å². The van der Waals surface area contributed by atoms with Gasteiger partial charge in [0.05, 0.1) is 0 Å². The lowest BCUT2D eigenvalue weighted by atomic mass is 9.98. The summed E-state index contributed by atoms with van der Waals surface area (Å²) in [5.41, 5.74) is 3.12. The highest BCUT2D eigenvalue weighted by atomic mass is 16.2. The molecule has 1 rings (SSSR count). The fraction of sp³-hybridized carbons (Fsp3) is 0.600. The molecule has 1 N–H and O–H groups in total. The quantitative estimate of drug-likeness (QED) is 0.770. The average molecular weight is 332 g/mol. The Balaban J connectivity index is 2.68. The summed E-state index contributed by atoms with van der Waals surface area (Å²) in [7, 11) is 0. The third kappa shape index (κ3) is 6.34. The summed E-state index contributed by atoms with van der Waals surface area (Å²) in [5, 5.41) is 3.04. The van der Waals surface area contributed by atoms with Gasteiger partial charge in [-0.3, -0.25) is 9.59 Å². The van der Waals surface area contributed by atoms with Crippen molar-refractivity contribution >= 4 is 17.5 Å². The number of anilines is 1. The maximum Gasteiger partial charge on any atom is 0.226 e. The van der Waals surface area contributed by atoms with Gasteiger partial charge in [0.1, 0.15) is 0 Å². The summed E-state index contributed by atoms with van der Waals surface area (Å²) < 4.78 is 0. The minimum atomic E-state index is -0.0398. The summed E-state index contributed by atoms with van der Waals surface area (Å²) >= 11 is 0. The number of nitrogens with zero attached hydrogens (tertiary/aromatic N) is 1. The molecule has 0 bridgehead atoms. The Morgan fingerprint density at radius 2 is 1.79 bits per heavy atom. The van der Waals surface area contributed by atoms with Gasteiger partial charge in [0, 0.05) is 32.1 Å². The first-order chi connectivity index (χ1) is 11.2. The number of aryl methyl sites for hydroxylation is 1. The molecule has 4 heteroatoms. The Hall–Kier alpha value is -1.84. The van der Waals surface area contributed by atoms with Crippen molar-refractivity contribution in [3.8, 4) is 0 Å². The van der Waals surface area contributed by atoms with Crippen LogP contribution in [0.2, 0.25) is 0 Å². The molecule has 0 aliphatic heterocycles. The lowest BCUT2D eigenvalue weighted by molar-refractivity contribution is -0.129. The van der Waals surface area contributed by atoms with Crippen LogP contribution in [0.15, 0.2) is 18.2 Å². The van der Waals surface area contributed by atoms with Gasteiger partial charge in [-0.2, -0.15) is 0 Å². The van der Waals surface area contributed by atoms with Crippen molar-refractivity contribution in [1.29, 1.82) is 0 Å². The fourth-order valence-electron chi connectivity index (χ4n) is 2.62. The second-order valence-electron chi connectivity index (χ2n) is 7.18. The lowest BCUT2D eigenvalue weighted by Crippen LogP contribution is -2.33. The Kier molecular flexibility index (Phi) is 7.96. The maximum atomic E-state index is 12.4. The van der Waals surface area contributed by atoms with Crippen LogP contribution in [0.1, 0.15) is 64.5 Å². The smallest absolute Gasteiger partial charge is 0.226 e. The van der Waals surface area contributed by atoms with Gasteiger partial charge in [-0.05, 0) is 36.3 Å². The Labute approximate surface area is 146 Å². The zero-order chi connectivity index (χ0) is 18.3. The van der Waals surface area contributed by atoms with Gasteiger partial charge < -0.3 is 10.2 Å². The van der Waals surface area contributed by atoms with E-state index in [0.717, 1.165) is 23.2 Å². The topological polar surface area (TPSA) is 49.4 Å². The van der Waals surface area contributed by atoms with Gasteiger partial charge in [-0.15, -0.1) is 0 Å². The largest absolute Gasteiger partial charge is 0.342 e. The first-order valence-corrected chi connectivity index (χ1v) is 8.87. The van der Waals surface area contributed by atoms with E-state index in [0.29, 0.717) is 31.3 Å². The molecule has 134 valence electrons. The number of amides is 2. The second-order valence-corrected chi connectivity index (χ2v) is 7.18. The third-order valence-corrected chi connectivity index (χ3v) is 4.22. The van der Waals surface area contributed by atoms with E-state index in [4.69, 9.17) is 0 Å². The molecule has 0 aliphatic rings. The van der Waals surface area contributed by atoms with Crippen LogP contribution in [0.3, 0.4) is 0 Å². The number of carbonyl (C=O) groups excluding carboxylic acids is 2. The number of para-hydroxylation sites is 1. The molecular weight excluding hydrogens is 300 g/mol. The molecule has 0 aromatic heterocycles. The lowest BCUT2D eigenvalue weighted by Gasteiger charge is -2.22. The number of nitrogens with one attached hydrogen (secondary N) is 1. The molecule has 1 aromatic rings. The highest BCUT2D eigenvalue weighted by Crippen LogP contribution is 2.27. The zero-order valence-electron chi connectivity index (χ0n) is 16.0. The predicted molar refractivity (Wildman–Crippen MR) is 100 cm³/mol. The van der Waals surface area contributed by atoms with Crippen LogP contribution in [-0.2, 0) is 9.59 Å². The predicted octanol–water partition coefficient (Wildman–Crippen LogP) is 4.34. The van der Waals surface area contributed by atoms with E-state index in [2.05, 4.69) is 39.1 Å². The first kappa shape index (κ1) is 20.2. The van der Waals surface area contributed by atoms with Crippen molar-refractivity contribution in [3.63, 3.8) is 0 Å². The Bertz CT molecular complexity index is 565. The van der Waals surface area contributed by atoms with Gasteiger partial charge >= 0.3 is 0 Å². The minimum Gasteiger partial charge on any atom is -0.342 e. The molecular formula is C20H32N2O2. The van der Waals surface area contributed by atoms with Crippen molar-refractivity contribution in [2.75, 3.05) is 18.4 Å². The summed E-state index contributed by atoms with van der Waals surface area (Å²) in [6.07, 6.45) is 1.28. The SMILES string of the molecule is CC(=O)N(CCC(=O)Nc1c(C)cccc1C(C)C)CCC(C)C. The monoisotopic (exact) mass is 332 g/mol. The van der Waals surface area contributed by atoms with E-state index in [1.165, 1.54) is 0 Å². The minimum absolute atomic E-state index is 0.0298. The normalized spacial score (nSPS) is 11.0. The Morgan fingerprint density at radius 1 is 1.12 bits per heavy atom. The van der Waals surface area contributed by atoms with Gasteiger partial charge in [0.25, 0.3) is 0 Å². The molecule has 0 unspecified atom stereocenters. The van der Waals surface area contributed by atoms with Gasteiger partial charge in [-0.1, -0.05) is 45.9 Å². The van der Waals surface area contributed by atoms with Crippen LogP contribution < -0.4 is 5.32 Å². The molecule has 0 aliphatic carbocycles. The highest BCUT2D eigenvalue weighted by molar-refractivity contribution is 5.92. The third-order valence-electron chi connectivity index (χ3n) is 4.22. The molecule has 0 atom stereocenters. The molecule has 0 fully saturated rings. The van der Waals surface area contributed by atoms with Crippen LogP contribution >= 0.6 is 0 Å². The van der Waals surface area contributed by atoms with Crippen LogP contribution in [0.4, 0.5) is 5.69 Å². The summed E-state index contributed by atoms with van der Waals surface area (Å²) in [6.45, 7) is 13.3. The van der Waals surface area contributed by atoms with Gasteiger partial charge in [0.15, 0.2) is 0 Å². The van der Waals surface area contributed by atoms with Gasteiger partial charge in [0.2, 0.25) is 11.8 Å². The summed E-state index contributed by atoms with van der Waals surface area (Å²) in [4.78, 5) is 25.8. The number of carbonyl (C=O) groups is 2. The summed E-state index contributed by atoms with van der Waals surface area (Å²) in [5.74, 6) is 0.880. The molecule has 0 saturated heterocycles. The van der Waals surface area contributed by atoms with Crippen molar-refractivity contribution < 1.29 is 9.59 Å². The van der Waals surface area contributed by atoms with Crippen molar-refractivity contribution in [1.82, 2.24) is 4.90 Å². The van der Waals surface area contributed by atoms with E-state index < -0.39 is 0 Å². The van der Waals surface area contributed by atoms with E-state index >= 15 is 0 Å². The molecule has 24 heavy (non-hydrogen) atoms.